The molecule has 1 atom stereocenters. The Morgan fingerprint density at radius 3 is 2.97 bits per heavy atom. The predicted molar refractivity (Wildman–Crippen MR) is 116 cm³/mol. The van der Waals surface area contributed by atoms with Crippen LogP contribution >= 0.6 is 11.3 Å². The molecule has 0 spiro atoms. The van der Waals surface area contributed by atoms with E-state index in [9.17, 15) is 9.59 Å². The highest BCUT2D eigenvalue weighted by Gasteiger charge is 2.28. The summed E-state index contributed by atoms with van der Waals surface area (Å²) in [4.78, 5) is 31.7. The van der Waals surface area contributed by atoms with Gasteiger partial charge in [0.25, 0.3) is 0 Å². The van der Waals surface area contributed by atoms with Gasteiger partial charge in [0.15, 0.2) is 0 Å². The van der Waals surface area contributed by atoms with Gasteiger partial charge in [-0.05, 0) is 55.5 Å². The van der Waals surface area contributed by atoms with Gasteiger partial charge >= 0.3 is 0 Å². The van der Waals surface area contributed by atoms with Crippen molar-refractivity contribution in [1.82, 2.24) is 9.88 Å². The summed E-state index contributed by atoms with van der Waals surface area (Å²) in [6.45, 7) is 3.30. The topological polar surface area (TPSA) is 101 Å². The number of amides is 2. The number of oxazole rings is 1. The van der Waals surface area contributed by atoms with E-state index in [1.807, 2.05) is 48.7 Å². The predicted octanol–water partition coefficient (Wildman–Crippen LogP) is 3.34. The number of hydrogen-bond donors (Lipinski definition) is 2. The SMILES string of the molecule is Cc1oc(-c2cccs2)nc1CC(=O)Nc1cccc(CN2CCCC2C(N)=O)c1. The number of aromatic nitrogens is 1. The Balaban J connectivity index is 1.39. The van der Waals surface area contributed by atoms with Crippen LogP contribution < -0.4 is 11.1 Å². The van der Waals surface area contributed by atoms with Crippen LogP contribution in [-0.2, 0) is 22.6 Å². The average molecular weight is 425 g/mol. The van der Waals surface area contributed by atoms with Gasteiger partial charge in [0.1, 0.15) is 5.76 Å². The lowest BCUT2D eigenvalue weighted by Gasteiger charge is -2.22. The van der Waals surface area contributed by atoms with E-state index in [0.717, 1.165) is 29.8 Å². The largest absolute Gasteiger partial charge is 0.440 e. The number of anilines is 1. The van der Waals surface area contributed by atoms with Crippen LogP contribution in [0.5, 0.6) is 0 Å². The number of aryl methyl sites for hydroxylation is 1. The molecule has 0 saturated carbocycles. The van der Waals surface area contributed by atoms with E-state index in [-0.39, 0.29) is 24.3 Å². The fraction of sp³-hybridized carbons (Fsp3) is 0.318. The van der Waals surface area contributed by atoms with Crippen LogP contribution in [0.4, 0.5) is 5.69 Å². The molecule has 30 heavy (non-hydrogen) atoms. The van der Waals surface area contributed by atoms with Crippen molar-refractivity contribution < 1.29 is 14.0 Å². The van der Waals surface area contributed by atoms with E-state index in [4.69, 9.17) is 10.2 Å². The third kappa shape index (κ3) is 4.60. The number of primary amides is 1. The van der Waals surface area contributed by atoms with Gasteiger partial charge in [-0.15, -0.1) is 11.3 Å². The molecule has 0 radical (unpaired) electrons. The normalized spacial score (nSPS) is 16.6. The van der Waals surface area contributed by atoms with Gasteiger partial charge in [0.2, 0.25) is 17.7 Å². The standard InChI is InChI=1S/C22H24N4O3S/c1-14-17(25-22(29-14)19-8-4-10-30-19)12-20(27)24-16-6-2-5-15(11-16)13-26-9-3-7-18(26)21(23)28/h2,4-6,8,10-11,18H,3,7,9,12-13H2,1H3,(H2,23,28)(H,24,27). The Labute approximate surface area is 178 Å². The van der Waals surface area contributed by atoms with Crippen molar-refractivity contribution in [3.63, 3.8) is 0 Å². The lowest BCUT2D eigenvalue weighted by Crippen LogP contribution is -2.39. The summed E-state index contributed by atoms with van der Waals surface area (Å²) in [5.41, 5.74) is 7.88. The molecular weight excluding hydrogens is 400 g/mol. The van der Waals surface area contributed by atoms with Crippen LogP contribution in [-0.4, -0.2) is 34.3 Å². The first-order chi connectivity index (χ1) is 14.5. The summed E-state index contributed by atoms with van der Waals surface area (Å²) in [5.74, 6) is 0.759. The van der Waals surface area contributed by atoms with Gasteiger partial charge in [-0.2, -0.15) is 0 Å². The second-order valence-corrected chi connectivity index (χ2v) is 8.40. The molecule has 0 bridgehead atoms. The molecule has 3 heterocycles. The Hall–Kier alpha value is -2.97. The van der Waals surface area contributed by atoms with Gasteiger partial charge in [0, 0.05) is 12.2 Å². The maximum atomic E-state index is 12.6. The minimum Gasteiger partial charge on any atom is -0.440 e. The van der Waals surface area contributed by atoms with Crippen molar-refractivity contribution in [3.05, 3.63) is 58.8 Å². The van der Waals surface area contributed by atoms with Crippen LogP contribution in [0.2, 0.25) is 0 Å². The summed E-state index contributed by atoms with van der Waals surface area (Å²) >= 11 is 1.55. The molecule has 1 unspecified atom stereocenters. The van der Waals surface area contributed by atoms with Gasteiger partial charge in [-0.25, -0.2) is 4.98 Å². The minimum absolute atomic E-state index is 0.140. The molecule has 3 N–H and O–H groups in total. The van der Waals surface area contributed by atoms with Crippen LogP contribution in [0.3, 0.4) is 0 Å². The molecule has 1 fully saturated rings. The number of rotatable bonds is 7. The molecule has 8 heteroatoms. The van der Waals surface area contributed by atoms with Crippen molar-refractivity contribution >= 4 is 28.8 Å². The lowest BCUT2D eigenvalue weighted by molar-refractivity contribution is -0.122. The summed E-state index contributed by atoms with van der Waals surface area (Å²) < 4.78 is 5.71. The van der Waals surface area contributed by atoms with Crippen molar-refractivity contribution in [2.45, 2.75) is 38.8 Å². The second-order valence-electron chi connectivity index (χ2n) is 7.46. The zero-order valence-corrected chi connectivity index (χ0v) is 17.6. The summed E-state index contributed by atoms with van der Waals surface area (Å²) in [6, 6.07) is 11.3. The summed E-state index contributed by atoms with van der Waals surface area (Å²) in [7, 11) is 0. The molecule has 1 aliphatic heterocycles. The molecule has 2 amide bonds. The first-order valence-corrected chi connectivity index (χ1v) is 10.8. The Bertz CT molecular complexity index is 1040. The third-order valence-corrected chi connectivity index (χ3v) is 6.10. The number of carbonyl (C=O) groups is 2. The van der Waals surface area contributed by atoms with Crippen molar-refractivity contribution in [3.8, 4) is 10.8 Å². The van der Waals surface area contributed by atoms with E-state index in [0.29, 0.717) is 29.6 Å². The van der Waals surface area contributed by atoms with E-state index in [2.05, 4.69) is 15.2 Å². The van der Waals surface area contributed by atoms with Crippen LogP contribution in [0.1, 0.15) is 29.9 Å². The minimum atomic E-state index is -0.276. The second kappa shape index (κ2) is 8.81. The van der Waals surface area contributed by atoms with Crippen molar-refractivity contribution in [2.24, 2.45) is 5.73 Å². The lowest BCUT2D eigenvalue weighted by atomic mass is 10.1. The number of benzene rings is 1. The number of thiophene rings is 1. The van der Waals surface area contributed by atoms with Gasteiger partial charge in [-0.3, -0.25) is 14.5 Å². The zero-order valence-electron chi connectivity index (χ0n) is 16.8. The first-order valence-electron chi connectivity index (χ1n) is 9.92. The highest BCUT2D eigenvalue weighted by molar-refractivity contribution is 7.13. The number of nitrogens with zero attached hydrogens (tertiary/aromatic N) is 2. The van der Waals surface area contributed by atoms with E-state index in [1.54, 1.807) is 11.3 Å². The van der Waals surface area contributed by atoms with Crippen LogP contribution in [0, 0.1) is 6.92 Å². The smallest absolute Gasteiger partial charge is 0.236 e. The van der Waals surface area contributed by atoms with Crippen molar-refractivity contribution in [1.29, 1.82) is 0 Å². The molecule has 1 aliphatic rings. The summed E-state index contributed by atoms with van der Waals surface area (Å²) in [5, 5.41) is 4.89. The quantitative estimate of drug-likeness (QED) is 0.606. The molecule has 7 nitrogen and oxygen atoms in total. The first kappa shape index (κ1) is 20.3. The van der Waals surface area contributed by atoms with Crippen LogP contribution in [0.25, 0.3) is 10.8 Å². The molecule has 2 aromatic heterocycles. The van der Waals surface area contributed by atoms with E-state index in [1.165, 1.54) is 0 Å². The zero-order chi connectivity index (χ0) is 21.1. The highest BCUT2D eigenvalue weighted by Crippen LogP contribution is 2.26. The highest BCUT2D eigenvalue weighted by atomic mass is 32.1. The van der Waals surface area contributed by atoms with Gasteiger partial charge in [-0.1, -0.05) is 18.2 Å². The third-order valence-electron chi connectivity index (χ3n) is 5.24. The van der Waals surface area contributed by atoms with Crippen molar-refractivity contribution in [2.75, 3.05) is 11.9 Å². The molecule has 1 aromatic carbocycles. The van der Waals surface area contributed by atoms with Gasteiger partial charge < -0.3 is 15.5 Å². The van der Waals surface area contributed by atoms with E-state index < -0.39 is 0 Å². The Kier molecular flexibility index (Phi) is 5.96. The number of likely N-dealkylation sites (tertiary alicyclic amines) is 1. The molecule has 3 aromatic rings. The number of nitrogens with two attached hydrogens (primary N) is 1. The Morgan fingerprint density at radius 1 is 1.33 bits per heavy atom. The average Bonchev–Trinajstić information content (AvgIpc) is 3.44. The number of hydrogen-bond acceptors (Lipinski definition) is 6. The van der Waals surface area contributed by atoms with E-state index >= 15 is 0 Å². The molecule has 0 aliphatic carbocycles. The monoisotopic (exact) mass is 424 g/mol. The number of nitrogens with one attached hydrogen (secondary N) is 1. The molecule has 1 saturated heterocycles. The Morgan fingerprint density at radius 2 is 2.20 bits per heavy atom. The molecule has 156 valence electrons. The fourth-order valence-electron chi connectivity index (χ4n) is 3.77. The van der Waals surface area contributed by atoms with Crippen LogP contribution in [0.15, 0.2) is 46.2 Å². The molecular formula is C22H24N4O3S. The summed E-state index contributed by atoms with van der Waals surface area (Å²) in [6.07, 6.45) is 1.91. The van der Waals surface area contributed by atoms with Gasteiger partial charge in [0.05, 0.1) is 23.0 Å². The maximum absolute atomic E-state index is 12.6. The fourth-order valence-corrected chi connectivity index (χ4v) is 4.42. The molecule has 4 rings (SSSR count). The number of carbonyl (C=O) groups excluding carboxylic acids is 2. The maximum Gasteiger partial charge on any atom is 0.236 e.